The van der Waals surface area contributed by atoms with Crippen molar-refractivity contribution in [3.05, 3.63) is 24.3 Å². The van der Waals surface area contributed by atoms with Gasteiger partial charge in [0.25, 0.3) is 0 Å². The average molecular weight is 236 g/mol. The maximum absolute atomic E-state index is 11.7. The molecule has 1 aromatic carbocycles. The van der Waals surface area contributed by atoms with Crippen LogP contribution in [0.2, 0.25) is 0 Å². The van der Waals surface area contributed by atoms with Crippen molar-refractivity contribution < 1.29 is 14.6 Å². The molecular formula is C12H16N2O3. The topological polar surface area (TPSA) is 70.6 Å². The van der Waals surface area contributed by atoms with Gasteiger partial charge in [-0.1, -0.05) is 12.1 Å². The highest BCUT2D eigenvalue weighted by Crippen LogP contribution is 2.21. The second-order valence-corrected chi connectivity index (χ2v) is 4.00. The summed E-state index contributed by atoms with van der Waals surface area (Å²) in [5.41, 5.74) is 0.439. The lowest BCUT2D eigenvalue weighted by Crippen LogP contribution is -2.43. The minimum atomic E-state index is -0.130. The van der Waals surface area contributed by atoms with Gasteiger partial charge < -0.3 is 20.5 Å². The smallest absolute Gasteiger partial charge is 0.226 e. The molecule has 0 aromatic heterocycles. The zero-order chi connectivity index (χ0) is 12.1. The quantitative estimate of drug-likeness (QED) is 0.676. The van der Waals surface area contributed by atoms with Crippen molar-refractivity contribution in [1.29, 1.82) is 0 Å². The Balaban J connectivity index is 1.86. The molecular weight excluding hydrogens is 220 g/mol. The third kappa shape index (κ3) is 3.44. The number of rotatable bonds is 3. The Morgan fingerprint density at radius 3 is 3.06 bits per heavy atom. The van der Waals surface area contributed by atoms with Gasteiger partial charge in [-0.15, -0.1) is 0 Å². The second kappa shape index (κ2) is 5.65. The first-order valence-electron chi connectivity index (χ1n) is 5.64. The molecule has 5 nitrogen and oxygen atoms in total. The summed E-state index contributed by atoms with van der Waals surface area (Å²) in [5.74, 6) is -0.0526. The first-order valence-corrected chi connectivity index (χ1v) is 5.64. The molecule has 0 aliphatic carbocycles. The van der Waals surface area contributed by atoms with Crippen LogP contribution >= 0.6 is 0 Å². The van der Waals surface area contributed by atoms with E-state index in [1.165, 1.54) is 6.07 Å². The van der Waals surface area contributed by atoms with Crippen LogP contribution in [0.1, 0.15) is 6.42 Å². The van der Waals surface area contributed by atoms with Gasteiger partial charge in [-0.05, 0) is 12.1 Å². The molecule has 1 aliphatic heterocycles. The number of phenols is 1. The number of ether oxygens (including phenoxy) is 1. The number of morpholine rings is 1. The van der Waals surface area contributed by atoms with Gasteiger partial charge in [0.1, 0.15) is 5.75 Å². The number of carbonyl (C=O) groups excluding carboxylic acids is 1. The summed E-state index contributed by atoms with van der Waals surface area (Å²) in [6.45, 7) is 2.01. The number of nitrogens with one attached hydrogen (secondary N) is 2. The van der Waals surface area contributed by atoms with Gasteiger partial charge in [0.05, 0.1) is 18.9 Å². The molecule has 0 saturated carbocycles. The fraction of sp³-hybridized carbons (Fsp3) is 0.417. The highest BCUT2D eigenvalue weighted by atomic mass is 16.5. The van der Waals surface area contributed by atoms with Crippen LogP contribution in [0.5, 0.6) is 5.75 Å². The highest BCUT2D eigenvalue weighted by molar-refractivity contribution is 5.92. The molecule has 0 radical (unpaired) electrons. The summed E-state index contributed by atoms with van der Waals surface area (Å²) in [4.78, 5) is 11.7. The third-order valence-corrected chi connectivity index (χ3v) is 2.61. The SMILES string of the molecule is O=C(CC1COCCN1)Nc1ccccc1O. The Bertz CT molecular complexity index is 389. The molecule has 5 heteroatoms. The number of hydrogen-bond acceptors (Lipinski definition) is 4. The van der Waals surface area contributed by atoms with Gasteiger partial charge >= 0.3 is 0 Å². The molecule has 0 bridgehead atoms. The maximum atomic E-state index is 11.7. The summed E-state index contributed by atoms with van der Waals surface area (Å²) in [6.07, 6.45) is 0.342. The van der Waals surface area contributed by atoms with E-state index < -0.39 is 0 Å². The summed E-state index contributed by atoms with van der Waals surface area (Å²) in [6, 6.07) is 6.73. The van der Waals surface area contributed by atoms with Crippen molar-refractivity contribution in [3.63, 3.8) is 0 Å². The van der Waals surface area contributed by atoms with Gasteiger partial charge in [0, 0.05) is 19.0 Å². The van der Waals surface area contributed by atoms with E-state index in [9.17, 15) is 9.90 Å². The molecule has 0 spiro atoms. The third-order valence-electron chi connectivity index (χ3n) is 2.61. The van der Waals surface area contributed by atoms with E-state index in [1.54, 1.807) is 18.2 Å². The first-order chi connectivity index (χ1) is 8.25. The minimum absolute atomic E-state index is 0.0506. The standard InChI is InChI=1S/C12H16N2O3/c15-11-4-2-1-3-10(11)14-12(16)7-9-8-17-6-5-13-9/h1-4,9,13,15H,5-8H2,(H,14,16). The van der Waals surface area contributed by atoms with Gasteiger partial charge in [-0.25, -0.2) is 0 Å². The molecule has 1 aromatic rings. The molecule has 1 atom stereocenters. The van der Waals surface area contributed by atoms with Crippen molar-refractivity contribution in [2.75, 3.05) is 25.1 Å². The molecule has 1 aliphatic rings. The van der Waals surface area contributed by atoms with E-state index in [0.717, 1.165) is 6.54 Å². The van der Waals surface area contributed by atoms with E-state index in [-0.39, 0.29) is 17.7 Å². The van der Waals surface area contributed by atoms with Crippen LogP contribution in [-0.2, 0) is 9.53 Å². The van der Waals surface area contributed by atoms with Crippen LogP contribution in [-0.4, -0.2) is 36.8 Å². The van der Waals surface area contributed by atoms with E-state index in [4.69, 9.17) is 4.74 Å². The fourth-order valence-corrected chi connectivity index (χ4v) is 1.76. The largest absolute Gasteiger partial charge is 0.506 e. The van der Waals surface area contributed by atoms with E-state index in [1.807, 2.05) is 0 Å². The number of phenolic OH excluding ortho intramolecular Hbond substituents is 1. The van der Waals surface area contributed by atoms with Crippen molar-refractivity contribution in [2.24, 2.45) is 0 Å². The number of anilines is 1. The predicted molar refractivity (Wildman–Crippen MR) is 64.0 cm³/mol. The lowest BCUT2D eigenvalue weighted by atomic mass is 10.2. The van der Waals surface area contributed by atoms with E-state index in [2.05, 4.69) is 10.6 Å². The van der Waals surface area contributed by atoms with Crippen molar-refractivity contribution >= 4 is 11.6 Å². The Morgan fingerprint density at radius 2 is 2.35 bits per heavy atom. The molecule has 17 heavy (non-hydrogen) atoms. The molecule has 1 fully saturated rings. The molecule has 1 amide bonds. The number of hydrogen-bond donors (Lipinski definition) is 3. The number of benzene rings is 1. The number of para-hydroxylation sites is 2. The van der Waals surface area contributed by atoms with Crippen LogP contribution in [0.15, 0.2) is 24.3 Å². The number of amides is 1. The molecule has 2 rings (SSSR count). The second-order valence-electron chi connectivity index (χ2n) is 4.00. The lowest BCUT2D eigenvalue weighted by Gasteiger charge is -2.23. The first kappa shape index (κ1) is 11.9. The summed E-state index contributed by atoms with van der Waals surface area (Å²) in [7, 11) is 0. The summed E-state index contributed by atoms with van der Waals surface area (Å²) >= 11 is 0. The Hall–Kier alpha value is -1.59. The molecule has 3 N–H and O–H groups in total. The van der Waals surface area contributed by atoms with Crippen molar-refractivity contribution in [1.82, 2.24) is 5.32 Å². The summed E-state index contributed by atoms with van der Waals surface area (Å²) in [5, 5.41) is 15.4. The van der Waals surface area contributed by atoms with Crippen LogP contribution in [0.4, 0.5) is 5.69 Å². The monoisotopic (exact) mass is 236 g/mol. The molecule has 92 valence electrons. The van der Waals surface area contributed by atoms with E-state index in [0.29, 0.717) is 25.3 Å². The van der Waals surface area contributed by atoms with Crippen LogP contribution < -0.4 is 10.6 Å². The minimum Gasteiger partial charge on any atom is -0.506 e. The lowest BCUT2D eigenvalue weighted by molar-refractivity contribution is -0.117. The number of carbonyl (C=O) groups is 1. The van der Waals surface area contributed by atoms with Crippen molar-refractivity contribution in [3.8, 4) is 5.75 Å². The number of aromatic hydroxyl groups is 1. The zero-order valence-electron chi connectivity index (χ0n) is 9.48. The Morgan fingerprint density at radius 1 is 1.53 bits per heavy atom. The van der Waals surface area contributed by atoms with Gasteiger partial charge in [0.15, 0.2) is 0 Å². The van der Waals surface area contributed by atoms with Gasteiger partial charge in [-0.3, -0.25) is 4.79 Å². The van der Waals surface area contributed by atoms with Crippen LogP contribution in [0, 0.1) is 0 Å². The maximum Gasteiger partial charge on any atom is 0.226 e. The van der Waals surface area contributed by atoms with E-state index >= 15 is 0 Å². The summed E-state index contributed by atoms with van der Waals surface area (Å²) < 4.78 is 5.27. The van der Waals surface area contributed by atoms with Crippen LogP contribution in [0.3, 0.4) is 0 Å². The highest BCUT2D eigenvalue weighted by Gasteiger charge is 2.17. The Kier molecular flexibility index (Phi) is 3.95. The normalized spacial score (nSPS) is 19.9. The zero-order valence-corrected chi connectivity index (χ0v) is 9.48. The average Bonchev–Trinajstić information content (AvgIpc) is 2.33. The molecule has 1 saturated heterocycles. The predicted octanol–water partition coefficient (Wildman–Crippen LogP) is 0.709. The molecule has 1 unspecified atom stereocenters. The van der Waals surface area contributed by atoms with Crippen LogP contribution in [0.25, 0.3) is 0 Å². The van der Waals surface area contributed by atoms with Gasteiger partial charge in [0.2, 0.25) is 5.91 Å². The van der Waals surface area contributed by atoms with Gasteiger partial charge in [-0.2, -0.15) is 0 Å². The molecule has 1 heterocycles. The van der Waals surface area contributed by atoms with Crippen molar-refractivity contribution in [2.45, 2.75) is 12.5 Å². The fourth-order valence-electron chi connectivity index (χ4n) is 1.76. The Labute approximate surface area is 99.8 Å².